The number of benzene rings is 1. The molecule has 12 heteroatoms. The zero-order chi connectivity index (χ0) is 23.6. The van der Waals surface area contributed by atoms with Crippen molar-refractivity contribution in [2.45, 2.75) is 44.1 Å². The Morgan fingerprint density at radius 1 is 1.18 bits per heavy atom. The number of nitrogens with one attached hydrogen (secondary N) is 2. The van der Waals surface area contributed by atoms with Gasteiger partial charge < -0.3 is 14.8 Å². The second-order valence-corrected chi connectivity index (χ2v) is 9.83. The number of alkyl halides is 2. The predicted molar refractivity (Wildman–Crippen MR) is 115 cm³/mol. The summed E-state index contributed by atoms with van der Waals surface area (Å²) in [6.45, 7) is -2.04. The summed E-state index contributed by atoms with van der Waals surface area (Å²) in [4.78, 5) is 21.2. The third-order valence-electron chi connectivity index (χ3n) is 5.45. The van der Waals surface area contributed by atoms with E-state index in [9.17, 15) is 22.0 Å². The number of aromatic nitrogens is 2. The van der Waals surface area contributed by atoms with Crippen LogP contribution in [0.1, 0.15) is 59.3 Å². The molecule has 1 amide bonds. The number of hydrogen-bond acceptors (Lipinski definition) is 8. The van der Waals surface area contributed by atoms with Crippen molar-refractivity contribution in [3.05, 3.63) is 41.3 Å². The van der Waals surface area contributed by atoms with Gasteiger partial charge in [0.25, 0.3) is 5.91 Å². The van der Waals surface area contributed by atoms with Crippen LogP contribution in [0, 0.1) is 0 Å². The van der Waals surface area contributed by atoms with Crippen LogP contribution in [-0.4, -0.2) is 50.4 Å². The molecule has 2 aliphatic rings. The fourth-order valence-corrected chi connectivity index (χ4v) is 4.21. The fourth-order valence-electron chi connectivity index (χ4n) is 3.78. The fraction of sp³-hybridized carbons (Fsp3) is 0.476. The van der Waals surface area contributed by atoms with Gasteiger partial charge in [-0.05, 0) is 43.2 Å². The molecule has 178 valence electrons. The maximum Gasteiger partial charge on any atom is 0.387 e. The minimum absolute atomic E-state index is 0.0365. The smallest absolute Gasteiger partial charge is 0.387 e. The first kappa shape index (κ1) is 23.3. The van der Waals surface area contributed by atoms with Gasteiger partial charge >= 0.3 is 6.61 Å². The highest BCUT2D eigenvalue weighted by molar-refractivity contribution is 7.89. The molecule has 2 N–H and O–H groups in total. The zero-order valence-electron chi connectivity index (χ0n) is 17.9. The molecule has 2 aromatic rings. The van der Waals surface area contributed by atoms with Crippen molar-refractivity contribution in [1.29, 1.82) is 0 Å². The van der Waals surface area contributed by atoms with E-state index in [2.05, 4.69) is 15.3 Å². The van der Waals surface area contributed by atoms with Crippen LogP contribution in [-0.2, 0) is 14.8 Å². The van der Waals surface area contributed by atoms with Gasteiger partial charge in [0.1, 0.15) is 0 Å². The maximum atomic E-state index is 13.3. The Kier molecular flexibility index (Phi) is 6.75. The van der Waals surface area contributed by atoms with E-state index in [4.69, 9.17) is 9.47 Å². The summed E-state index contributed by atoms with van der Waals surface area (Å²) in [5.41, 5.74) is 1.08. The van der Waals surface area contributed by atoms with E-state index in [0.29, 0.717) is 37.3 Å². The Hall–Kier alpha value is -2.86. The number of carbonyl (C=O) groups excluding carboxylic acids is 1. The standard InChI is InChI=1S/C21H24F2N4O5S/c1-33(29,30)27-20(28)17-19(24-11-16(25-17)13-5-6-13)26-15-4-2-3-14(18(15)32-21(22)23)12-7-9-31-10-8-12/h2-4,11-13,21H,5-10H2,1H3,(H,24,26)(H,27,28). The van der Waals surface area contributed by atoms with E-state index in [0.717, 1.165) is 19.1 Å². The second-order valence-electron chi connectivity index (χ2n) is 8.08. The van der Waals surface area contributed by atoms with Gasteiger partial charge in [-0.25, -0.2) is 23.1 Å². The molecule has 2 fully saturated rings. The molecule has 0 bridgehead atoms. The van der Waals surface area contributed by atoms with Crippen molar-refractivity contribution >= 4 is 27.4 Å². The molecule has 1 aliphatic carbocycles. The van der Waals surface area contributed by atoms with Crippen molar-refractivity contribution in [3.8, 4) is 5.75 Å². The third-order valence-corrected chi connectivity index (χ3v) is 6.00. The summed E-state index contributed by atoms with van der Waals surface area (Å²) in [6, 6.07) is 4.93. The number of halogens is 2. The van der Waals surface area contributed by atoms with E-state index in [1.54, 1.807) is 12.1 Å². The second kappa shape index (κ2) is 9.56. The summed E-state index contributed by atoms with van der Waals surface area (Å²) in [7, 11) is -3.85. The van der Waals surface area contributed by atoms with Crippen LogP contribution in [0.3, 0.4) is 0 Å². The van der Waals surface area contributed by atoms with Gasteiger partial charge in [-0.1, -0.05) is 12.1 Å². The van der Waals surface area contributed by atoms with Crippen LogP contribution in [0.2, 0.25) is 0 Å². The Balaban J connectivity index is 1.72. The minimum Gasteiger partial charge on any atom is -0.432 e. The molecular formula is C21H24F2N4O5S. The number of rotatable bonds is 8. The summed E-state index contributed by atoms with van der Waals surface area (Å²) in [5, 5.41) is 2.86. The van der Waals surface area contributed by atoms with Crippen LogP contribution in [0.15, 0.2) is 24.4 Å². The average molecular weight is 483 g/mol. The van der Waals surface area contributed by atoms with Gasteiger partial charge in [-0.15, -0.1) is 0 Å². The molecule has 0 spiro atoms. The lowest BCUT2D eigenvalue weighted by molar-refractivity contribution is -0.0504. The topological polar surface area (TPSA) is 120 Å². The molecule has 33 heavy (non-hydrogen) atoms. The Bertz CT molecular complexity index is 1140. The minimum atomic E-state index is -3.85. The normalized spacial score (nSPS) is 17.1. The lowest BCUT2D eigenvalue weighted by Gasteiger charge is -2.26. The van der Waals surface area contributed by atoms with Gasteiger partial charge in [0.15, 0.2) is 17.3 Å². The zero-order valence-corrected chi connectivity index (χ0v) is 18.7. The molecule has 4 rings (SSSR count). The van der Waals surface area contributed by atoms with E-state index >= 15 is 0 Å². The number of sulfonamides is 1. The van der Waals surface area contributed by atoms with Gasteiger partial charge in [0.05, 0.1) is 23.8 Å². The summed E-state index contributed by atoms with van der Waals surface area (Å²) < 4.78 is 61.9. The summed E-state index contributed by atoms with van der Waals surface area (Å²) in [5.74, 6) is -0.964. The molecule has 0 radical (unpaired) electrons. The molecule has 1 aromatic heterocycles. The van der Waals surface area contributed by atoms with Crippen LogP contribution >= 0.6 is 0 Å². The van der Waals surface area contributed by atoms with Crippen LogP contribution < -0.4 is 14.8 Å². The molecule has 0 atom stereocenters. The van der Waals surface area contributed by atoms with Crippen molar-refractivity contribution in [1.82, 2.24) is 14.7 Å². The Morgan fingerprint density at radius 3 is 2.55 bits per heavy atom. The van der Waals surface area contributed by atoms with Crippen molar-refractivity contribution in [2.75, 3.05) is 24.8 Å². The van der Waals surface area contributed by atoms with Gasteiger partial charge in [0, 0.05) is 19.1 Å². The Labute approximate surface area is 190 Å². The molecule has 9 nitrogen and oxygen atoms in total. The van der Waals surface area contributed by atoms with Gasteiger partial charge in [-0.3, -0.25) is 4.79 Å². The molecular weight excluding hydrogens is 458 g/mol. The number of hydrogen-bond donors (Lipinski definition) is 2. The lowest BCUT2D eigenvalue weighted by atomic mass is 9.90. The van der Waals surface area contributed by atoms with E-state index in [1.807, 2.05) is 4.72 Å². The average Bonchev–Trinajstić information content (AvgIpc) is 3.60. The largest absolute Gasteiger partial charge is 0.432 e. The first-order chi connectivity index (χ1) is 15.7. The number of para-hydroxylation sites is 1. The molecule has 1 aliphatic heterocycles. The molecule has 0 unspecified atom stereocenters. The van der Waals surface area contributed by atoms with Gasteiger partial charge in [-0.2, -0.15) is 8.78 Å². The first-order valence-electron chi connectivity index (χ1n) is 10.5. The van der Waals surface area contributed by atoms with Crippen molar-refractivity contribution in [2.24, 2.45) is 0 Å². The third kappa shape index (κ3) is 5.93. The monoisotopic (exact) mass is 482 g/mol. The van der Waals surface area contributed by atoms with Crippen LogP contribution in [0.25, 0.3) is 0 Å². The summed E-state index contributed by atoms with van der Waals surface area (Å²) >= 11 is 0. The van der Waals surface area contributed by atoms with Crippen LogP contribution in [0.5, 0.6) is 5.75 Å². The van der Waals surface area contributed by atoms with Gasteiger partial charge in [0.2, 0.25) is 10.0 Å². The van der Waals surface area contributed by atoms with Crippen molar-refractivity contribution in [3.63, 3.8) is 0 Å². The van der Waals surface area contributed by atoms with E-state index < -0.39 is 22.5 Å². The SMILES string of the molecule is CS(=O)(=O)NC(=O)c1nc(C2CC2)cnc1Nc1cccc(C2CCOCC2)c1OC(F)F. The van der Waals surface area contributed by atoms with E-state index in [1.165, 1.54) is 12.3 Å². The van der Waals surface area contributed by atoms with Crippen LogP contribution in [0.4, 0.5) is 20.3 Å². The predicted octanol–water partition coefficient (Wildman–Crippen LogP) is 3.28. The number of carbonyl (C=O) groups is 1. The maximum absolute atomic E-state index is 13.3. The van der Waals surface area contributed by atoms with E-state index in [-0.39, 0.29) is 34.8 Å². The number of anilines is 2. The van der Waals surface area contributed by atoms with Crippen molar-refractivity contribution < 1.29 is 31.5 Å². The first-order valence-corrected chi connectivity index (χ1v) is 12.4. The molecule has 1 saturated heterocycles. The number of amides is 1. The highest BCUT2D eigenvalue weighted by atomic mass is 32.2. The quantitative estimate of drug-likeness (QED) is 0.588. The number of ether oxygens (including phenoxy) is 2. The molecule has 1 aromatic carbocycles. The highest BCUT2D eigenvalue weighted by Gasteiger charge is 2.29. The highest BCUT2D eigenvalue weighted by Crippen LogP contribution is 2.41. The molecule has 1 saturated carbocycles. The summed E-state index contributed by atoms with van der Waals surface area (Å²) in [6.07, 6.45) is 5.44. The lowest BCUT2D eigenvalue weighted by Crippen LogP contribution is -2.31. The Morgan fingerprint density at radius 2 is 1.91 bits per heavy atom. The molecule has 2 heterocycles. The number of nitrogens with zero attached hydrogens (tertiary/aromatic N) is 2.